The van der Waals surface area contributed by atoms with E-state index in [9.17, 15) is 19.4 Å². The lowest BCUT2D eigenvalue weighted by Gasteiger charge is -2.12. The van der Waals surface area contributed by atoms with Crippen LogP contribution in [0.4, 0.5) is 4.39 Å². The highest BCUT2D eigenvalue weighted by atomic mass is 32.2. The zero-order valence-corrected chi connectivity index (χ0v) is 10.5. The van der Waals surface area contributed by atoms with E-state index in [0.717, 1.165) is 6.07 Å². The van der Waals surface area contributed by atoms with Crippen molar-refractivity contribution in [3.05, 3.63) is 29.1 Å². The van der Waals surface area contributed by atoms with E-state index in [1.165, 1.54) is 17.8 Å². The van der Waals surface area contributed by atoms with Gasteiger partial charge in [-0.3, -0.25) is 0 Å². The number of hydrogen-bond donors (Lipinski definition) is 2. The summed E-state index contributed by atoms with van der Waals surface area (Å²) in [5.41, 5.74) is 0.518. The van der Waals surface area contributed by atoms with Crippen molar-refractivity contribution < 1.29 is 24.1 Å². The minimum atomic E-state index is -1.53. The predicted molar refractivity (Wildman–Crippen MR) is 63.7 cm³/mol. The average molecular weight is 272 g/mol. The lowest BCUT2D eigenvalue weighted by Crippen LogP contribution is -2.16. The molecule has 0 amide bonds. The minimum Gasteiger partial charge on any atom is -0.464 e. The molecular weight excluding hydrogens is 259 g/mol. The fourth-order valence-corrected chi connectivity index (χ4v) is 2.87. The van der Waals surface area contributed by atoms with Crippen molar-refractivity contribution in [3.8, 4) is 0 Å². The van der Waals surface area contributed by atoms with Crippen molar-refractivity contribution in [2.24, 2.45) is 0 Å². The molecule has 18 heavy (non-hydrogen) atoms. The molecule has 6 heteroatoms. The van der Waals surface area contributed by atoms with Gasteiger partial charge in [0.15, 0.2) is 6.10 Å². The fraction of sp³-hybridized carbons (Fsp3) is 0.417. The number of esters is 1. The first-order valence-electron chi connectivity index (χ1n) is 5.53. The fourth-order valence-electron chi connectivity index (χ4n) is 1.80. The second-order valence-corrected chi connectivity index (χ2v) is 4.93. The molecule has 2 N–H and O–H groups in total. The second-order valence-electron chi connectivity index (χ2n) is 3.90. The van der Waals surface area contributed by atoms with E-state index in [4.69, 9.17) is 0 Å². The van der Waals surface area contributed by atoms with Gasteiger partial charge in [0.05, 0.1) is 12.7 Å². The molecule has 0 bridgehead atoms. The maximum absolute atomic E-state index is 13.7. The standard InChI is InChI=1S/C12H13FO4S/c1-2-17-12(16)10(15)6-3-7-9(14)5-18-11(7)8(13)4-6/h3-4,9-10,14-15H,2,5H2,1H3. The number of halogens is 1. The highest BCUT2D eigenvalue weighted by molar-refractivity contribution is 7.99. The molecule has 1 aromatic carbocycles. The van der Waals surface area contributed by atoms with Crippen LogP contribution in [0.5, 0.6) is 0 Å². The molecule has 0 spiro atoms. The van der Waals surface area contributed by atoms with Gasteiger partial charge in [-0.25, -0.2) is 9.18 Å². The first-order valence-corrected chi connectivity index (χ1v) is 6.52. The van der Waals surface area contributed by atoms with Crippen LogP contribution in [0.3, 0.4) is 0 Å². The molecule has 0 fully saturated rings. The predicted octanol–water partition coefficient (Wildman–Crippen LogP) is 1.56. The maximum atomic E-state index is 13.7. The van der Waals surface area contributed by atoms with Gasteiger partial charge in [0, 0.05) is 10.6 Å². The number of carbonyl (C=O) groups excluding carboxylic acids is 1. The Morgan fingerprint density at radius 3 is 3.06 bits per heavy atom. The number of fused-ring (bicyclic) bond motifs is 1. The first-order chi connectivity index (χ1) is 8.54. The third kappa shape index (κ3) is 2.36. The van der Waals surface area contributed by atoms with E-state index >= 15 is 0 Å². The van der Waals surface area contributed by atoms with Crippen LogP contribution in [0.2, 0.25) is 0 Å². The molecule has 2 rings (SSSR count). The Kier molecular flexibility index (Phi) is 3.89. The number of hydrogen-bond acceptors (Lipinski definition) is 5. The van der Waals surface area contributed by atoms with E-state index in [2.05, 4.69) is 4.74 Å². The lowest BCUT2D eigenvalue weighted by atomic mass is 10.0. The Bertz CT molecular complexity index is 477. The SMILES string of the molecule is CCOC(=O)C(O)c1cc(F)c2c(c1)C(O)CS2. The normalized spacial score (nSPS) is 19.4. The molecule has 0 saturated heterocycles. The van der Waals surface area contributed by atoms with Gasteiger partial charge in [0.1, 0.15) is 5.82 Å². The summed E-state index contributed by atoms with van der Waals surface area (Å²) in [7, 11) is 0. The summed E-state index contributed by atoms with van der Waals surface area (Å²) in [5, 5.41) is 19.4. The van der Waals surface area contributed by atoms with E-state index in [0.29, 0.717) is 16.2 Å². The van der Waals surface area contributed by atoms with E-state index in [-0.39, 0.29) is 12.2 Å². The smallest absolute Gasteiger partial charge is 0.339 e. The maximum Gasteiger partial charge on any atom is 0.339 e. The summed E-state index contributed by atoms with van der Waals surface area (Å²) in [5.74, 6) is -0.977. The van der Waals surface area contributed by atoms with Gasteiger partial charge in [-0.05, 0) is 30.2 Å². The van der Waals surface area contributed by atoms with E-state index in [1.807, 2.05) is 0 Å². The lowest BCUT2D eigenvalue weighted by molar-refractivity contribution is -0.153. The molecule has 0 saturated carbocycles. The van der Waals surface area contributed by atoms with Gasteiger partial charge < -0.3 is 14.9 Å². The first kappa shape index (κ1) is 13.3. The summed E-state index contributed by atoms with van der Waals surface area (Å²) in [6, 6.07) is 2.55. The van der Waals surface area contributed by atoms with Crippen LogP contribution in [0.15, 0.2) is 17.0 Å². The number of ether oxygens (including phenoxy) is 1. The highest BCUT2D eigenvalue weighted by Gasteiger charge is 2.28. The third-order valence-electron chi connectivity index (χ3n) is 2.66. The van der Waals surface area contributed by atoms with Crippen LogP contribution >= 0.6 is 11.8 Å². The molecule has 4 nitrogen and oxygen atoms in total. The van der Waals surface area contributed by atoms with Crippen LogP contribution in [0, 0.1) is 5.82 Å². The number of carbonyl (C=O) groups is 1. The minimum absolute atomic E-state index is 0.103. The Morgan fingerprint density at radius 2 is 2.39 bits per heavy atom. The molecule has 0 radical (unpaired) electrons. The number of aliphatic hydroxyl groups excluding tert-OH is 2. The summed E-state index contributed by atoms with van der Waals surface area (Å²) < 4.78 is 18.4. The molecular formula is C12H13FO4S. The molecule has 1 heterocycles. The Hall–Kier alpha value is -1.11. The van der Waals surface area contributed by atoms with E-state index in [1.54, 1.807) is 6.92 Å². The molecule has 0 aromatic heterocycles. The average Bonchev–Trinajstić information content (AvgIpc) is 2.71. The summed E-state index contributed by atoms with van der Waals surface area (Å²) >= 11 is 1.22. The van der Waals surface area contributed by atoms with Gasteiger partial charge in [0.25, 0.3) is 0 Å². The largest absolute Gasteiger partial charge is 0.464 e. The van der Waals surface area contributed by atoms with Gasteiger partial charge in [0.2, 0.25) is 0 Å². The van der Waals surface area contributed by atoms with Crippen LogP contribution in [0.25, 0.3) is 0 Å². The Balaban J connectivity index is 2.33. The van der Waals surface area contributed by atoms with Gasteiger partial charge in [-0.2, -0.15) is 0 Å². The van der Waals surface area contributed by atoms with Crippen LogP contribution in [-0.2, 0) is 9.53 Å². The summed E-state index contributed by atoms with van der Waals surface area (Å²) in [6.07, 6.45) is -2.30. The highest BCUT2D eigenvalue weighted by Crippen LogP contribution is 2.41. The number of thioether (sulfide) groups is 1. The molecule has 98 valence electrons. The van der Waals surface area contributed by atoms with Crippen molar-refractivity contribution in [1.29, 1.82) is 0 Å². The number of aliphatic hydroxyl groups is 2. The molecule has 1 aliphatic rings. The van der Waals surface area contributed by atoms with Gasteiger partial charge in [-0.1, -0.05) is 0 Å². The molecule has 1 aliphatic heterocycles. The van der Waals surface area contributed by atoms with Crippen molar-refractivity contribution in [2.75, 3.05) is 12.4 Å². The van der Waals surface area contributed by atoms with Gasteiger partial charge in [-0.15, -0.1) is 11.8 Å². The zero-order valence-electron chi connectivity index (χ0n) is 9.72. The monoisotopic (exact) mass is 272 g/mol. The molecule has 2 unspecified atom stereocenters. The van der Waals surface area contributed by atoms with Crippen LogP contribution < -0.4 is 0 Å². The quantitative estimate of drug-likeness (QED) is 0.817. The van der Waals surface area contributed by atoms with Crippen molar-refractivity contribution in [2.45, 2.75) is 24.0 Å². The van der Waals surface area contributed by atoms with E-state index < -0.39 is 24.0 Å². The van der Waals surface area contributed by atoms with Crippen LogP contribution in [-0.4, -0.2) is 28.5 Å². The second kappa shape index (κ2) is 5.26. The molecule has 1 aromatic rings. The zero-order chi connectivity index (χ0) is 13.3. The van der Waals surface area contributed by atoms with Gasteiger partial charge >= 0.3 is 5.97 Å². The van der Waals surface area contributed by atoms with Crippen molar-refractivity contribution in [1.82, 2.24) is 0 Å². The van der Waals surface area contributed by atoms with Crippen molar-refractivity contribution in [3.63, 3.8) is 0 Å². The van der Waals surface area contributed by atoms with Crippen molar-refractivity contribution >= 4 is 17.7 Å². The Labute approximate surface area is 108 Å². The topological polar surface area (TPSA) is 66.8 Å². The van der Waals surface area contributed by atoms with Crippen LogP contribution in [0.1, 0.15) is 30.3 Å². The number of benzene rings is 1. The Morgan fingerprint density at radius 1 is 1.67 bits per heavy atom. The summed E-state index contributed by atoms with van der Waals surface area (Å²) in [6.45, 7) is 1.76. The third-order valence-corrected chi connectivity index (χ3v) is 3.87. The molecule has 2 atom stereocenters. The number of rotatable bonds is 3. The summed E-state index contributed by atoms with van der Waals surface area (Å²) in [4.78, 5) is 11.8. The molecule has 0 aliphatic carbocycles.